The lowest BCUT2D eigenvalue weighted by Crippen LogP contribution is -2.36. The molecule has 0 N–H and O–H groups in total. The SMILES string of the molecule is Cc1ccc(C(=O)N2CCc3c(CN(C)C)nn(C)c3C2)cc1C. The van der Waals surface area contributed by atoms with E-state index in [0.717, 1.165) is 42.0 Å². The maximum Gasteiger partial charge on any atom is 0.254 e. The molecule has 5 nitrogen and oxygen atoms in total. The average molecular weight is 326 g/mol. The quantitative estimate of drug-likeness (QED) is 0.869. The van der Waals surface area contributed by atoms with Gasteiger partial charge in [0.1, 0.15) is 0 Å². The molecule has 1 aliphatic heterocycles. The topological polar surface area (TPSA) is 41.4 Å². The van der Waals surface area contributed by atoms with Crippen molar-refractivity contribution in [2.75, 3.05) is 20.6 Å². The molecular weight excluding hydrogens is 300 g/mol. The van der Waals surface area contributed by atoms with Crippen LogP contribution in [0.15, 0.2) is 18.2 Å². The van der Waals surface area contributed by atoms with Crippen LogP contribution in [0.2, 0.25) is 0 Å². The van der Waals surface area contributed by atoms with Crippen LogP contribution in [0.3, 0.4) is 0 Å². The number of aryl methyl sites for hydroxylation is 3. The van der Waals surface area contributed by atoms with Crippen molar-refractivity contribution in [3.05, 3.63) is 51.8 Å². The van der Waals surface area contributed by atoms with Gasteiger partial charge in [-0.05, 0) is 57.6 Å². The number of amides is 1. The highest BCUT2D eigenvalue weighted by molar-refractivity contribution is 5.94. The number of hydrogen-bond donors (Lipinski definition) is 0. The van der Waals surface area contributed by atoms with E-state index in [1.54, 1.807) is 0 Å². The van der Waals surface area contributed by atoms with E-state index < -0.39 is 0 Å². The lowest BCUT2D eigenvalue weighted by Gasteiger charge is -2.28. The normalized spacial score (nSPS) is 14.2. The fourth-order valence-electron chi connectivity index (χ4n) is 3.31. The molecule has 0 aliphatic carbocycles. The predicted molar refractivity (Wildman–Crippen MR) is 95.0 cm³/mol. The lowest BCUT2D eigenvalue weighted by atomic mass is 10.0. The fourth-order valence-corrected chi connectivity index (χ4v) is 3.31. The van der Waals surface area contributed by atoms with Crippen molar-refractivity contribution in [2.45, 2.75) is 33.4 Å². The van der Waals surface area contributed by atoms with Crippen LogP contribution in [0, 0.1) is 13.8 Å². The molecule has 24 heavy (non-hydrogen) atoms. The second-order valence-electron chi connectivity index (χ2n) is 7.01. The Balaban J connectivity index is 1.83. The number of fused-ring (bicyclic) bond motifs is 1. The van der Waals surface area contributed by atoms with E-state index in [4.69, 9.17) is 0 Å². The number of nitrogens with zero attached hydrogens (tertiary/aromatic N) is 4. The van der Waals surface area contributed by atoms with Crippen molar-refractivity contribution in [3.63, 3.8) is 0 Å². The second-order valence-corrected chi connectivity index (χ2v) is 7.01. The summed E-state index contributed by atoms with van der Waals surface area (Å²) >= 11 is 0. The molecule has 0 saturated heterocycles. The van der Waals surface area contributed by atoms with Crippen molar-refractivity contribution < 1.29 is 4.79 Å². The third kappa shape index (κ3) is 3.08. The number of hydrogen-bond acceptors (Lipinski definition) is 3. The number of carbonyl (C=O) groups is 1. The molecule has 0 fully saturated rings. The Labute approximate surface area is 143 Å². The van der Waals surface area contributed by atoms with Crippen molar-refractivity contribution >= 4 is 5.91 Å². The summed E-state index contributed by atoms with van der Waals surface area (Å²) in [4.78, 5) is 16.9. The van der Waals surface area contributed by atoms with Gasteiger partial charge in [0, 0.05) is 31.3 Å². The highest BCUT2D eigenvalue weighted by Crippen LogP contribution is 2.24. The largest absolute Gasteiger partial charge is 0.332 e. The smallest absolute Gasteiger partial charge is 0.254 e. The first-order valence-electron chi connectivity index (χ1n) is 8.41. The van der Waals surface area contributed by atoms with Crippen molar-refractivity contribution in [1.82, 2.24) is 19.6 Å². The second kappa shape index (κ2) is 6.40. The molecule has 1 amide bonds. The molecule has 2 aromatic rings. The molecule has 0 saturated carbocycles. The van der Waals surface area contributed by atoms with E-state index in [9.17, 15) is 4.79 Å². The fraction of sp³-hybridized carbons (Fsp3) is 0.474. The molecule has 5 heteroatoms. The summed E-state index contributed by atoms with van der Waals surface area (Å²) in [6.07, 6.45) is 0.878. The van der Waals surface area contributed by atoms with Gasteiger partial charge in [-0.15, -0.1) is 0 Å². The Morgan fingerprint density at radius 3 is 2.67 bits per heavy atom. The van der Waals surface area contributed by atoms with Crippen LogP contribution in [0.25, 0.3) is 0 Å². The Hall–Kier alpha value is -2.14. The zero-order chi connectivity index (χ0) is 17.4. The molecule has 1 aliphatic rings. The first kappa shape index (κ1) is 16.7. The van der Waals surface area contributed by atoms with Gasteiger partial charge in [0.15, 0.2) is 0 Å². The minimum Gasteiger partial charge on any atom is -0.332 e. The van der Waals surface area contributed by atoms with Gasteiger partial charge in [-0.25, -0.2) is 0 Å². The molecule has 1 aromatic carbocycles. The Morgan fingerprint density at radius 2 is 2.00 bits per heavy atom. The Bertz CT molecular complexity index is 776. The van der Waals surface area contributed by atoms with E-state index in [1.165, 1.54) is 11.1 Å². The van der Waals surface area contributed by atoms with Gasteiger partial charge in [0.25, 0.3) is 5.91 Å². The van der Waals surface area contributed by atoms with E-state index in [1.807, 2.05) is 34.8 Å². The summed E-state index contributed by atoms with van der Waals surface area (Å²) in [6, 6.07) is 5.95. The van der Waals surface area contributed by atoms with Crippen molar-refractivity contribution in [1.29, 1.82) is 0 Å². The lowest BCUT2D eigenvalue weighted by molar-refractivity contribution is 0.0730. The highest BCUT2D eigenvalue weighted by atomic mass is 16.2. The number of benzene rings is 1. The van der Waals surface area contributed by atoms with Crippen LogP contribution in [-0.2, 0) is 26.6 Å². The zero-order valence-electron chi connectivity index (χ0n) is 15.3. The monoisotopic (exact) mass is 326 g/mol. The summed E-state index contributed by atoms with van der Waals surface area (Å²) in [6.45, 7) is 6.35. The molecule has 0 bridgehead atoms. The standard InChI is InChI=1S/C19H26N4O/c1-13-6-7-15(10-14(13)2)19(24)23-9-8-16-17(11-21(3)4)20-22(5)18(16)12-23/h6-7,10H,8-9,11-12H2,1-5H3. The van der Waals surface area contributed by atoms with Crippen LogP contribution < -0.4 is 0 Å². The minimum atomic E-state index is 0.110. The van der Waals surface area contributed by atoms with Gasteiger partial charge < -0.3 is 9.80 Å². The van der Waals surface area contributed by atoms with E-state index in [-0.39, 0.29) is 5.91 Å². The maximum atomic E-state index is 12.9. The summed E-state index contributed by atoms with van der Waals surface area (Å²) < 4.78 is 1.94. The van der Waals surface area contributed by atoms with Crippen LogP contribution in [0.5, 0.6) is 0 Å². The molecule has 0 spiro atoms. The van der Waals surface area contributed by atoms with E-state index >= 15 is 0 Å². The Kier molecular flexibility index (Phi) is 4.45. The third-order valence-electron chi connectivity index (χ3n) is 4.84. The molecule has 3 rings (SSSR count). The van der Waals surface area contributed by atoms with Gasteiger partial charge >= 0.3 is 0 Å². The first-order chi connectivity index (χ1) is 11.4. The van der Waals surface area contributed by atoms with Crippen molar-refractivity contribution in [2.24, 2.45) is 7.05 Å². The Morgan fingerprint density at radius 1 is 1.25 bits per heavy atom. The van der Waals surface area contributed by atoms with Gasteiger partial charge in [-0.3, -0.25) is 9.48 Å². The molecule has 0 unspecified atom stereocenters. The number of rotatable bonds is 3. The number of aromatic nitrogens is 2. The van der Waals surface area contributed by atoms with E-state index in [2.05, 4.69) is 37.9 Å². The van der Waals surface area contributed by atoms with Gasteiger partial charge in [-0.2, -0.15) is 5.10 Å². The van der Waals surface area contributed by atoms with Crippen LogP contribution >= 0.6 is 0 Å². The molecular formula is C19H26N4O. The molecule has 2 heterocycles. The summed E-state index contributed by atoms with van der Waals surface area (Å²) in [7, 11) is 6.08. The summed E-state index contributed by atoms with van der Waals surface area (Å²) in [5.41, 5.74) is 6.76. The van der Waals surface area contributed by atoms with Crippen LogP contribution in [0.1, 0.15) is 38.4 Å². The predicted octanol–water partition coefficient (Wildman–Crippen LogP) is 2.30. The third-order valence-corrected chi connectivity index (χ3v) is 4.84. The molecule has 0 atom stereocenters. The summed E-state index contributed by atoms with van der Waals surface area (Å²) in [5.74, 6) is 0.110. The van der Waals surface area contributed by atoms with Gasteiger partial charge in [0.2, 0.25) is 0 Å². The molecule has 128 valence electrons. The highest BCUT2D eigenvalue weighted by Gasteiger charge is 2.27. The number of carbonyl (C=O) groups excluding carboxylic acids is 1. The molecule has 0 radical (unpaired) electrons. The maximum absolute atomic E-state index is 12.9. The first-order valence-corrected chi connectivity index (χ1v) is 8.41. The van der Waals surface area contributed by atoms with Crippen molar-refractivity contribution in [3.8, 4) is 0 Å². The van der Waals surface area contributed by atoms with Gasteiger partial charge in [-0.1, -0.05) is 6.07 Å². The van der Waals surface area contributed by atoms with Crippen LogP contribution in [-0.4, -0.2) is 46.1 Å². The zero-order valence-corrected chi connectivity index (χ0v) is 15.3. The average Bonchev–Trinajstić information content (AvgIpc) is 2.84. The van der Waals surface area contributed by atoms with E-state index in [0.29, 0.717) is 6.54 Å². The van der Waals surface area contributed by atoms with Crippen LogP contribution in [0.4, 0.5) is 0 Å². The summed E-state index contributed by atoms with van der Waals surface area (Å²) in [5, 5.41) is 4.66. The minimum absolute atomic E-state index is 0.110. The molecule has 1 aromatic heterocycles. The van der Waals surface area contributed by atoms with Gasteiger partial charge in [0.05, 0.1) is 17.9 Å².